The summed E-state index contributed by atoms with van der Waals surface area (Å²) in [6.07, 6.45) is 0. The van der Waals surface area contributed by atoms with Gasteiger partial charge in [0.05, 0.1) is 12.2 Å². The molecule has 16 heavy (non-hydrogen) atoms. The molecule has 2 aromatic heterocycles. The van der Waals surface area contributed by atoms with E-state index in [1.807, 2.05) is 32.0 Å². The van der Waals surface area contributed by atoms with Crippen LogP contribution < -0.4 is 11.1 Å². The first-order valence-electron chi connectivity index (χ1n) is 5.05. The molecule has 2 heterocycles. The van der Waals surface area contributed by atoms with Gasteiger partial charge in [0.1, 0.15) is 10.8 Å². The van der Waals surface area contributed by atoms with Gasteiger partial charge in [-0.3, -0.25) is 4.98 Å². The van der Waals surface area contributed by atoms with Crippen molar-refractivity contribution < 1.29 is 0 Å². The molecular weight excluding hydrogens is 220 g/mol. The topological polar surface area (TPSA) is 63.8 Å². The maximum Gasteiger partial charge on any atom is 0.142 e. The summed E-state index contributed by atoms with van der Waals surface area (Å²) in [7, 11) is 0. The number of aryl methyl sites for hydroxylation is 1. The predicted octanol–water partition coefficient (Wildman–Crippen LogP) is 2.35. The molecule has 0 aliphatic rings. The fraction of sp³-hybridized carbons (Fsp3) is 0.273. The Kier molecular flexibility index (Phi) is 3.05. The second-order valence-electron chi connectivity index (χ2n) is 3.65. The van der Waals surface area contributed by atoms with E-state index in [2.05, 4.69) is 14.7 Å². The van der Waals surface area contributed by atoms with Crippen LogP contribution >= 0.6 is 11.5 Å². The zero-order chi connectivity index (χ0) is 11.5. The van der Waals surface area contributed by atoms with Crippen LogP contribution in [-0.2, 0) is 6.54 Å². The summed E-state index contributed by atoms with van der Waals surface area (Å²) in [6.45, 7) is 4.65. The number of anilines is 2. The number of rotatable bonds is 3. The summed E-state index contributed by atoms with van der Waals surface area (Å²) in [6, 6.07) is 5.99. The molecule has 0 spiro atoms. The van der Waals surface area contributed by atoms with Crippen LogP contribution in [0.2, 0.25) is 0 Å². The number of nitrogen functional groups attached to an aromatic ring is 1. The van der Waals surface area contributed by atoms with Crippen molar-refractivity contribution in [3.8, 4) is 0 Å². The van der Waals surface area contributed by atoms with E-state index in [1.165, 1.54) is 11.5 Å². The van der Waals surface area contributed by atoms with Crippen molar-refractivity contribution in [1.29, 1.82) is 0 Å². The van der Waals surface area contributed by atoms with Crippen molar-refractivity contribution in [3.05, 3.63) is 35.2 Å². The number of aromatic nitrogens is 2. The highest BCUT2D eigenvalue weighted by Gasteiger charge is 2.05. The highest BCUT2D eigenvalue weighted by molar-refractivity contribution is 7.10. The van der Waals surface area contributed by atoms with Crippen LogP contribution in [0.25, 0.3) is 0 Å². The van der Waals surface area contributed by atoms with Gasteiger partial charge in [-0.05, 0) is 37.5 Å². The maximum absolute atomic E-state index is 5.68. The van der Waals surface area contributed by atoms with E-state index in [0.29, 0.717) is 12.4 Å². The summed E-state index contributed by atoms with van der Waals surface area (Å²) in [5.41, 5.74) is 8.74. The van der Waals surface area contributed by atoms with Crippen LogP contribution in [0.15, 0.2) is 18.2 Å². The molecule has 0 amide bonds. The molecule has 0 aliphatic carbocycles. The van der Waals surface area contributed by atoms with Crippen LogP contribution in [-0.4, -0.2) is 9.36 Å². The molecule has 0 unspecified atom stereocenters. The van der Waals surface area contributed by atoms with Crippen molar-refractivity contribution >= 4 is 22.4 Å². The zero-order valence-corrected chi connectivity index (χ0v) is 10.1. The van der Waals surface area contributed by atoms with Crippen LogP contribution in [0, 0.1) is 13.8 Å². The number of pyridine rings is 1. The molecule has 3 N–H and O–H groups in total. The average molecular weight is 234 g/mol. The molecule has 0 saturated heterocycles. The first-order valence-corrected chi connectivity index (χ1v) is 5.82. The molecule has 4 nitrogen and oxygen atoms in total. The van der Waals surface area contributed by atoms with Crippen molar-refractivity contribution in [3.63, 3.8) is 0 Å². The minimum Gasteiger partial charge on any atom is -0.383 e. The van der Waals surface area contributed by atoms with E-state index in [9.17, 15) is 0 Å². The zero-order valence-electron chi connectivity index (χ0n) is 9.32. The molecular formula is C11H14N4S. The first kappa shape index (κ1) is 10.9. The summed E-state index contributed by atoms with van der Waals surface area (Å²) >= 11 is 1.39. The Balaban J connectivity index is 2.05. The van der Waals surface area contributed by atoms with Crippen molar-refractivity contribution in [2.45, 2.75) is 20.4 Å². The molecule has 0 aromatic carbocycles. The number of nitrogens with zero attached hydrogens (tertiary/aromatic N) is 2. The van der Waals surface area contributed by atoms with Gasteiger partial charge < -0.3 is 11.1 Å². The van der Waals surface area contributed by atoms with Gasteiger partial charge in [0.25, 0.3) is 0 Å². The third-order valence-electron chi connectivity index (χ3n) is 2.34. The van der Waals surface area contributed by atoms with Gasteiger partial charge in [-0.1, -0.05) is 6.07 Å². The molecule has 0 radical (unpaired) electrons. The second kappa shape index (κ2) is 4.49. The molecule has 0 aliphatic heterocycles. The van der Waals surface area contributed by atoms with Gasteiger partial charge in [0.2, 0.25) is 0 Å². The summed E-state index contributed by atoms with van der Waals surface area (Å²) < 4.78 is 4.08. The van der Waals surface area contributed by atoms with Gasteiger partial charge in [-0.2, -0.15) is 4.37 Å². The van der Waals surface area contributed by atoms with Crippen LogP contribution in [0.1, 0.15) is 17.0 Å². The monoisotopic (exact) mass is 234 g/mol. The van der Waals surface area contributed by atoms with E-state index in [1.54, 1.807) is 0 Å². The normalized spacial score (nSPS) is 10.4. The smallest absolute Gasteiger partial charge is 0.142 e. The highest BCUT2D eigenvalue weighted by Crippen LogP contribution is 2.25. The van der Waals surface area contributed by atoms with E-state index in [0.717, 1.165) is 22.0 Å². The quantitative estimate of drug-likeness (QED) is 0.855. The number of hydrogen-bond acceptors (Lipinski definition) is 5. The molecule has 0 atom stereocenters. The van der Waals surface area contributed by atoms with Gasteiger partial charge in [0, 0.05) is 11.3 Å². The SMILES string of the molecule is Cc1cccc(CNc2snc(N)c2C)n1. The molecule has 0 bridgehead atoms. The molecule has 2 rings (SSSR count). The van der Waals surface area contributed by atoms with Crippen molar-refractivity contribution in [1.82, 2.24) is 9.36 Å². The fourth-order valence-electron chi connectivity index (χ4n) is 1.38. The van der Waals surface area contributed by atoms with E-state index in [4.69, 9.17) is 5.73 Å². The van der Waals surface area contributed by atoms with E-state index in [-0.39, 0.29) is 0 Å². The van der Waals surface area contributed by atoms with Gasteiger partial charge in [-0.15, -0.1) is 0 Å². The van der Waals surface area contributed by atoms with Crippen LogP contribution in [0.5, 0.6) is 0 Å². The van der Waals surface area contributed by atoms with Crippen LogP contribution in [0.4, 0.5) is 10.8 Å². The van der Waals surface area contributed by atoms with Gasteiger partial charge >= 0.3 is 0 Å². The Morgan fingerprint density at radius 3 is 2.81 bits per heavy atom. The lowest BCUT2D eigenvalue weighted by atomic mass is 10.3. The average Bonchev–Trinajstić information content (AvgIpc) is 2.57. The largest absolute Gasteiger partial charge is 0.383 e. The van der Waals surface area contributed by atoms with Crippen molar-refractivity contribution in [2.75, 3.05) is 11.1 Å². The Morgan fingerprint density at radius 2 is 2.19 bits per heavy atom. The van der Waals surface area contributed by atoms with E-state index < -0.39 is 0 Å². The summed E-state index contributed by atoms with van der Waals surface area (Å²) in [4.78, 5) is 4.42. The number of hydrogen-bond donors (Lipinski definition) is 2. The molecule has 0 fully saturated rings. The lowest BCUT2D eigenvalue weighted by Crippen LogP contribution is -2.02. The number of nitrogens with two attached hydrogens (primary N) is 1. The highest BCUT2D eigenvalue weighted by atomic mass is 32.1. The fourth-order valence-corrected chi connectivity index (χ4v) is 2.09. The minimum atomic E-state index is 0.602. The standard InChI is InChI=1S/C11H14N4S/c1-7-4-3-5-9(14-7)6-13-11-8(2)10(12)15-16-11/h3-5,13H,6H2,1-2H3,(H2,12,15). The lowest BCUT2D eigenvalue weighted by molar-refractivity contribution is 1.02. The number of nitrogens with one attached hydrogen (secondary N) is 1. The predicted molar refractivity (Wildman–Crippen MR) is 67.6 cm³/mol. The Bertz CT molecular complexity index is 492. The van der Waals surface area contributed by atoms with Crippen molar-refractivity contribution in [2.24, 2.45) is 0 Å². The van der Waals surface area contributed by atoms with Gasteiger partial charge in [-0.25, -0.2) is 0 Å². The Hall–Kier alpha value is -1.62. The molecule has 5 heteroatoms. The van der Waals surface area contributed by atoms with Gasteiger partial charge in [0.15, 0.2) is 0 Å². The third kappa shape index (κ3) is 2.30. The third-order valence-corrected chi connectivity index (χ3v) is 3.26. The summed E-state index contributed by atoms with van der Waals surface area (Å²) in [5, 5.41) is 4.31. The Labute approximate surface area is 98.7 Å². The second-order valence-corrected chi connectivity index (χ2v) is 4.42. The summed E-state index contributed by atoms with van der Waals surface area (Å²) in [5.74, 6) is 0.602. The van der Waals surface area contributed by atoms with E-state index >= 15 is 0 Å². The lowest BCUT2D eigenvalue weighted by Gasteiger charge is -2.04. The maximum atomic E-state index is 5.68. The molecule has 2 aromatic rings. The minimum absolute atomic E-state index is 0.602. The van der Waals surface area contributed by atoms with Crippen LogP contribution in [0.3, 0.4) is 0 Å². The Morgan fingerprint density at radius 1 is 1.38 bits per heavy atom. The molecule has 84 valence electrons. The first-order chi connectivity index (χ1) is 7.66. The molecule has 0 saturated carbocycles.